The van der Waals surface area contributed by atoms with E-state index in [0.717, 1.165) is 28.5 Å². The van der Waals surface area contributed by atoms with Crippen LogP contribution in [-0.4, -0.2) is 19.7 Å². The van der Waals surface area contributed by atoms with Gasteiger partial charge in [-0.25, -0.2) is 13.8 Å². The number of rotatable bonds is 4. The monoisotopic (exact) mass is 476 g/mol. The second kappa shape index (κ2) is 8.29. The number of hydrogen-bond acceptors (Lipinski definition) is 6. The van der Waals surface area contributed by atoms with Crippen LogP contribution in [0.1, 0.15) is 44.7 Å². The van der Waals surface area contributed by atoms with Gasteiger partial charge in [-0.05, 0) is 37.3 Å². The van der Waals surface area contributed by atoms with Crippen LogP contribution in [0.15, 0.2) is 50.9 Å². The van der Waals surface area contributed by atoms with Crippen molar-refractivity contribution in [3.63, 3.8) is 0 Å². The van der Waals surface area contributed by atoms with Gasteiger partial charge in [0.2, 0.25) is 5.89 Å². The Balaban J connectivity index is 1.87. The smallest absolute Gasteiger partial charge is 0.266 e. The first-order valence-electron chi connectivity index (χ1n) is 9.73. The van der Waals surface area contributed by atoms with E-state index in [1.165, 1.54) is 12.1 Å². The summed E-state index contributed by atoms with van der Waals surface area (Å²) in [7, 11) is 0. The quantitative estimate of drug-likeness (QED) is 0.271. The fraction of sp³-hybridized carbons (Fsp3) is 0.273. The second-order valence-electron chi connectivity index (χ2n) is 8.26. The first kappa shape index (κ1) is 22.4. The van der Waals surface area contributed by atoms with E-state index in [4.69, 9.17) is 16.1 Å². The van der Waals surface area contributed by atoms with Gasteiger partial charge >= 0.3 is 0 Å². The summed E-state index contributed by atoms with van der Waals surface area (Å²) in [6, 6.07) is 7.70. The van der Waals surface area contributed by atoms with E-state index in [9.17, 15) is 13.6 Å². The summed E-state index contributed by atoms with van der Waals surface area (Å²) in [5, 5.41) is 4.38. The van der Waals surface area contributed by atoms with Crippen LogP contribution in [0, 0.1) is 11.6 Å². The molecule has 0 spiro atoms. The van der Waals surface area contributed by atoms with E-state index < -0.39 is 22.4 Å². The zero-order valence-corrected chi connectivity index (χ0v) is 19.3. The minimum atomic E-state index is -0.891. The summed E-state index contributed by atoms with van der Waals surface area (Å²) in [6.45, 7) is 7.70. The molecule has 2 aromatic heterocycles. The maximum atomic E-state index is 14.7. The second-order valence-corrected chi connectivity index (χ2v) is 10.0. The predicted octanol–water partition coefficient (Wildman–Crippen LogP) is 5.85. The van der Waals surface area contributed by atoms with Crippen molar-refractivity contribution in [3.8, 4) is 5.69 Å². The lowest BCUT2D eigenvalue weighted by Crippen LogP contribution is -2.23. The third kappa shape index (κ3) is 4.27. The van der Waals surface area contributed by atoms with Gasteiger partial charge in [0.1, 0.15) is 11.6 Å². The predicted molar refractivity (Wildman–Crippen MR) is 120 cm³/mol. The maximum absolute atomic E-state index is 14.7. The lowest BCUT2D eigenvalue weighted by atomic mass is 9.96. The van der Waals surface area contributed by atoms with Crippen LogP contribution >= 0.6 is 23.4 Å². The van der Waals surface area contributed by atoms with Gasteiger partial charge in [-0.15, -0.1) is 0 Å². The molecular formula is C22H19ClF2N4O2S. The van der Waals surface area contributed by atoms with Gasteiger partial charge in [0.15, 0.2) is 11.0 Å². The Bertz CT molecular complexity index is 1380. The molecule has 1 atom stereocenters. The minimum absolute atomic E-state index is 0.124. The van der Waals surface area contributed by atoms with Crippen LogP contribution in [0.2, 0.25) is 5.02 Å². The highest BCUT2D eigenvalue weighted by molar-refractivity contribution is 7.99. The summed E-state index contributed by atoms with van der Waals surface area (Å²) in [5.41, 5.74) is -0.555. The molecule has 0 amide bonds. The number of aromatic nitrogens is 4. The van der Waals surface area contributed by atoms with Crippen LogP contribution in [0.5, 0.6) is 0 Å². The molecule has 32 heavy (non-hydrogen) atoms. The number of nitrogens with zero attached hydrogens (tertiary/aromatic N) is 4. The van der Waals surface area contributed by atoms with Gasteiger partial charge in [-0.3, -0.25) is 9.36 Å². The van der Waals surface area contributed by atoms with Crippen molar-refractivity contribution >= 4 is 34.3 Å². The topological polar surface area (TPSA) is 73.8 Å². The molecule has 0 saturated carbocycles. The van der Waals surface area contributed by atoms with Crippen LogP contribution in [-0.2, 0) is 5.41 Å². The molecule has 6 nitrogen and oxygen atoms in total. The molecular weight excluding hydrogens is 458 g/mol. The van der Waals surface area contributed by atoms with Crippen molar-refractivity contribution in [2.45, 2.75) is 43.5 Å². The van der Waals surface area contributed by atoms with Crippen molar-refractivity contribution in [1.29, 1.82) is 0 Å². The molecule has 10 heteroatoms. The van der Waals surface area contributed by atoms with E-state index in [0.29, 0.717) is 22.3 Å². The van der Waals surface area contributed by atoms with Crippen molar-refractivity contribution in [1.82, 2.24) is 19.7 Å². The van der Waals surface area contributed by atoms with E-state index in [1.54, 1.807) is 12.1 Å². The highest BCUT2D eigenvalue weighted by atomic mass is 35.5. The first-order chi connectivity index (χ1) is 15.0. The Labute approximate surface area is 191 Å². The molecule has 1 unspecified atom stereocenters. The fourth-order valence-electron chi connectivity index (χ4n) is 3.01. The molecule has 0 bridgehead atoms. The Morgan fingerprint density at radius 2 is 1.88 bits per heavy atom. The normalized spacial score (nSPS) is 13.0. The highest BCUT2D eigenvalue weighted by Gasteiger charge is 2.26. The Kier molecular flexibility index (Phi) is 5.81. The van der Waals surface area contributed by atoms with Gasteiger partial charge in [-0.2, -0.15) is 4.98 Å². The van der Waals surface area contributed by atoms with E-state index in [-0.39, 0.29) is 21.6 Å². The number of halogens is 3. The summed E-state index contributed by atoms with van der Waals surface area (Å²) in [6.07, 6.45) is 0. The summed E-state index contributed by atoms with van der Waals surface area (Å²) in [4.78, 5) is 22.3. The molecule has 0 radical (unpaired) electrons. The number of fused-ring (bicyclic) bond motifs is 1. The molecule has 4 rings (SSSR count). The van der Waals surface area contributed by atoms with Crippen molar-refractivity contribution in [2.24, 2.45) is 0 Å². The number of thioether (sulfide) groups is 1. The van der Waals surface area contributed by atoms with Crippen LogP contribution in [0.25, 0.3) is 16.6 Å². The molecule has 2 aromatic carbocycles. The average Bonchev–Trinajstić information content (AvgIpc) is 3.21. The van der Waals surface area contributed by atoms with Gasteiger partial charge in [0.25, 0.3) is 5.56 Å². The van der Waals surface area contributed by atoms with Gasteiger partial charge in [0, 0.05) is 16.5 Å². The molecule has 0 N–H and O–H groups in total. The molecule has 0 saturated heterocycles. The Hall–Kier alpha value is -2.78. The number of benzene rings is 2. The molecule has 0 fully saturated rings. The van der Waals surface area contributed by atoms with E-state index in [2.05, 4.69) is 15.1 Å². The van der Waals surface area contributed by atoms with Crippen molar-refractivity contribution < 1.29 is 13.3 Å². The van der Waals surface area contributed by atoms with Gasteiger partial charge < -0.3 is 4.52 Å². The maximum Gasteiger partial charge on any atom is 0.266 e. The Morgan fingerprint density at radius 1 is 1.12 bits per heavy atom. The Morgan fingerprint density at radius 3 is 2.53 bits per heavy atom. The zero-order chi connectivity index (χ0) is 23.2. The third-order valence-corrected chi connectivity index (χ3v) is 5.97. The molecule has 0 aliphatic heterocycles. The SMILES string of the molecule is CC(Sc1nc2ccc(Cl)cc2c(=O)n1-c1ccc(F)cc1F)c1nc(C(C)(C)C)no1. The summed E-state index contributed by atoms with van der Waals surface area (Å²) >= 11 is 7.20. The summed E-state index contributed by atoms with van der Waals surface area (Å²) < 4.78 is 34.7. The molecule has 166 valence electrons. The van der Waals surface area contributed by atoms with E-state index >= 15 is 0 Å². The molecule has 2 heterocycles. The van der Waals surface area contributed by atoms with Gasteiger partial charge in [0.05, 0.1) is 21.8 Å². The zero-order valence-electron chi connectivity index (χ0n) is 17.7. The van der Waals surface area contributed by atoms with Crippen LogP contribution in [0.3, 0.4) is 0 Å². The van der Waals surface area contributed by atoms with E-state index in [1.807, 2.05) is 27.7 Å². The molecule has 0 aliphatic carbocycles. The number of hydrogen-bond donors (Lipinski definition) is 0. The largest absolute Gasteiger partial charge is 0.338 e. The van der Waals surface area contributed by atoms with Crippen molar-refractivity contribution in [2.75, 3.05) is 0 Å². The third-order valence-electron chi connectivity index (χ3n) is 4.69. The standard InChI is InChI=1S/C22H19ClF2N4O2S/c1-11(18-27-20(28-31-18)22(2,3)4)32-21-26-16-7-5-12(23)9-14(16)19(30)29(21)17-8-6-13(24)10-15(17)25/h5-11H,1-4H3. The van der Waals surface area contributed by atoms with Crippen LogP contribution in [0.4, 0.5) is 8.78 Å². The highest BCUT2D eigenvalue weighted by Crippen LogP contribution is 2.35. The molecule has 0 aliphatic rings. The average molecular weight is 477 g/mol. The molecule has 4 aromatic rings. The fourth-order valence-corrected chi connectivity index (χ4v) is 4.13. The lowest BCUT2D eigenvalue weighted by molar-refractivity contribution is 0.364. The first-order valence-corrected chi connectivity index (χ1v) is 11.0. The minimum Gasteiger partial charge on any atom is -0.338 e. The van der Waals surface area contributed by atoms with Gasteiger partial charge in [-0.1, -0.05) is 49.3 Å². The van der Waals surface area contributed by atoms with Crippen LogP contribution < -0.4 is 5.56 Å². The summed E-state index contributed by atoms with van der Waals surface area (Å²) in [5.74, 6) is -0.753. The lowest BCUT2D eigenvalue weighted by Gasteiger charge is -2.15. The van der Waals surface area contributed by atoms with Crippen molar-refractivity contribution in [3.05, 3.63) is 75.1 Å².